The zero-order valence-corrected chi connectivity index (χ0v) is 11.6. The molecule has 1 aromatic rings. The van der Waals surface area contributed by atoms with E-state index in [4.69, 9.17) is 14.2 Å². The van der Waals surface area contributed by atoms with Gasteiger partial charge < -0.3 is 14.2 Å². The van der Waals surface area contributed by atoms with E-state index in [0.717, 1.165) is 5.56 Å². The van der Waals surface area contributed by atoms with Gasteiger partial charge in [-0.25, -0.2) is 0 Å². The minimum absolute atomic E-state index is 0.0939. The van der Waals surface area contributed by atoms with Crippen LogP contribution >= 0.6 is 0 Å². The summed E-state index contributed by atoms with van der Waals surface area (Å²) in [6.45, 7) is 2.79. The van der Waals surface area contributed by atoms with Crippen LogP contribution in [0.1, 0.15) is 31.9 Å². The molecule has 0 saturated carbocycles. The molecule has 5 nitrogen and oxygen atoms in total. The molecule has 1 saturated heterocycles. The highest BCUT2D eigenvalue weighted by Gasteiger charge is 2.38. The second-order valence-corrected chi connectivity index (χ2v) is 4.76. The lowest BCUT2D eigenvalue weighted by atomic mass is 10.0. The molecule has 1 aliphatic heterocycles. The third kappa shape index (κ3) is 3.81. The molecule has 20 heavy (non-hydrogen) atoms. The predicted octanol–water partition coefficient (Wildman–Crippen LogP) is 2.01. The van der Waals surface area contributed by atoms with Crippen molar-refractivity contribution in [1.82, 2.24) is 0 Å². The van der Waals surface area contributed by atoms with Crippen LogP contribution in [0.3, 0.4) is 0 Å². The molecule has 0 spiro atoms. The number of rotatable bonds is 4. The molecule has 108 valence electrons. The van der Waals surface area contributed by atoms with Gasteiger partial charge in [0.15, 0.2) is 0 Å². The molecule has 0 radical (unpaired) electrons. The zero-order chi connectivity index (χ0) is 14.5. The van der Waals surface area contributed by atoms with Crippen molar-refractivity contribution >= 4 is 11.9 Å². The van der Waals surface area contributed by atoms with Crippen LogP contribution in [0.2, 0.25) is 0 Å². The van der Waals surface area contributed by atoms with E-state index < -0.39 is 12.2 Å². The van der Waals surface area contributed by atoms with E-state index in [9.17, 15) is 9.59 Å². The van der Waals surface area contributed by atoms with Crippen molar-refractivity contribution in [1.29, 1.82) is 0 Å². The second-order valence-electron chi connectivity index (χ2n) is 4.76. The topological polar surface area (TPSA) is 61.8 Å². The summed E-state index contributed by atoms with van der Waals surface area (Å²) in [6, 6.07) is 9.71. The molecule has 1 aliphatic rings. The van der Waals surface area contributed by atoms with E-state index in [1.807, 2.05) is 30.3 Å². The maximum Gasteiger partial charge on any atom is 0.302 e. The van der Waals surface area contributed by atoms with E-state index in [1.165, 1.54) is 13.8 Å². The van der Waals surface area contributed by atoms with Crippen LogP contribution in [0.5, 0.6) is 0 Å². The Morgan fingerprint density at radius 3 is 2.50 bits per heavy atom. The maximum absolute atomic E-state index is 11.1. The summed E-state index contributed by atoms with van der Waals surface area (Å²) in [5, 5.41) is 0. The first-order chi connectivity index (χ1) is 9.56. The Hall–Kier alpha value is -1.88. The van der Waals surface area contributed by atoms with Crippen molar-refractivity contribution < 1.29 is 23.8 Å². The van der Waals surface area contributed by atoms with Crippen LogP contribution in [0.25, 0.3) is 0 Å². The fourth-order valence-corrected chi connectivity index (χ4v) is 2.28. The van der Waals surface area contributed by atoms with Crippen molar-refractivity contribution in [3.63, 3.8) is 0 Å². The van der Waals surface area contributed by atoms with Gasteiger partial charge >= 0.3 is 11.9 Å². The fourth-order valence-electron chi connectivity index (χ4n) is 2.28. The number of esters is 2. The fraction of sp³-hybridized carbons (Fsp3) is 0.467. The van der Waals surface area contributed by atoms with Crippen LogP contribution in [0, 0.1) is 0 Å². The zero-order valence-electron chi connectivity index (χ0n) is 11.6. The van der Waals surface area contributed by atoms with Gasteiger partial charge in [-0.1, -0.05) is 30.3 Å². The van der Waals surface area contributed by atoms with E-state index in [2.05, 4.69) is 0 Å². The number of benzene rings is 1. The Labute approximate surface area is 117 Å². The summed E-state index contributed by atoms with van der Waals surface area (Å²) in [7, 11) is 0. The van der Waals surface area contributed by atoms with Gasteiger partial charge in [0.25, 0.3) is 0 Å². The number of carbonyl (C=O) groups is 2. The molecular weight excluding hydrogens is 260 g/mol. The molecule has 0 unspecified atom stereocenters. The van der Waals surface area contributed by atoms with Gasteiger partial charge in [0.1, 0.15) is 18.8 Å². The van der Waals surface area contributed by atoms with Crippen LogP contribution < -0.4 is 0 Å². The monoisotopic (exact) mass is 278 g/mol. The Bertz CT molecular complexity index is 470. The third-order valence-electron chi connectivity index (χ3n) is 3.14. The summed E-state index contributed by atoms with van der Waals surface area (Å²) >= 11 is 0. The van der Waals surface area contributed by atoms with Crippen LogP contribution in [-0.4, -0.2) is 30.8 Å². The van der Waals surface area contributed by atoms with E-state index in [1.54, 1.807) is 0 Å². The molecule has 0 aromatic heterocycles. The molecule has 3 atom stereocenters. The van der Waals surface area contributed by atoms with Crippen LogP contribution in [0.15, 0.2) is 30.3 Å². The van der Waals surface area contributed by atoms with Crippen LogP contribution in [-0.2, 0) is 23.8 Å². The molecular formula is C15H18O5. The minimum atomic E-state index is -0.423. The lowest BCUT2D eigenvalue weighted by Gasteiger charge is -2.17. The van der Waals surface area contributed by atoms with E-state index in [-0.39, 0.29) is 24.6 Å². The Morgan fingerprint density at radius 1 is 1.20 bits per heavy atom. The Morgan fingerprint density at radius 2 is 1.90 bits per heavy atom. The normalized spacial score (nSPS) is 25.2. The molecule has 1 aromatic carbocycles. The second kappa shape index (κ2) is 6.52. The quantitative estimate of drug-likeness (QED) is 0.788. The predicted molar refractivity (Wildman–Crippen MR) is 70.9 cm³/mol. The molecule has 1 fully saturated rings. The molecule has 0 amide bonds. The molecule has 0 N–H and O–H groups in total. The van der Waals surface area contributed by atoms with Crippen molar-refractivity contribution in [2.24, 2.45) is 0 Å². The first-order valence-electron chi connectivity index (χ1n) is 6.57. The van der Waals surface area contributed by atoms with Gasteiger partial charge in [-0.15, -0.1) is 0 Å². The molecule has 1 heterocycles. The average molecular weight is 278 g/mol. The van der Waals surface area contributed by atoms with E-state index >= 15 is 0 Å². The van der Waals surface area contributed by atoms with Crippen molar-refractivity contribution in [3.05, 3.63) is 35.9 Å². The highest BCUT2D eigenvalue weighted by molar-refractivity contribution is 5.66. The number of carbonyl (C=O) groups excluding carboxylic acids is 2. The minimum Gasteiger partial charge on any atom is -0.463 e. The number of hydrogen-bond acceptors (Lipinski definition) is 5. The number of ether oxygens (including phenoxy) is 3. The smallest absolute Gasteiger partial charge is 0.302 e. The van der Waals surface area contributed by atoms with Gasteiger partial charge in [0.05, 0.1) is 6.10 Å². The highest BCUT2D eigenvalue weighted by atomic mass is 16.6. The number of hydrogen-bond donors (Lipinski definition) is 0. The average Bonchev–Trinajstić information content (AvgIpc) is 2.80. The van der Waals surface area contributed by atoms with Gasteiger partial charge in [0, 0.05) is 20.3 Å². The molecule has 0 bridgehead atoms. The van der Waals surface area contributed by atoms with Gasteiger partial charge in [0.2, 0.25) is 0 Å². The van der Waals surface area contributed by atoms with Gasteiger partial charge in [-0.05, 0) is 5.56 Å². The van der Waals surface area contributed by atoms with Crippen molar-refractivity contribution in [2.75, 3.05) is 6.61 Å². The summed E-state index contributed by atoms with van der Waals surface area (Å²) in [4.78, 5) is 22.0. The summed E-state index contributed by atoms with van der Waals surface area (Å²) < 4.78 is 16.1. The van der Waals surface area contributed by atoms with Gasteiger partial charge in [-0.2, -0.15) is 0 Å². The first-order valence-corrected chi connectivity index (χ1v) is 6.57. The summed E-state index contributed by atoms with van der Waals surface area (Å²) in [5.41, 5.74) is 1.02. The largest absolute Gasteiger partial charge is 0.463 e. The Kier molecular flexibility index (Phi) is 4.74. The van der Waals surface area contributed by atoms with Crippen molar-refractivity contribution in [2.45, 2.75) is 38.6 Å². The highest BCUT2D eigenvalue weighted by Crippen LogP contribution is 2.34. The summed E-state index contributed by atoms with van der Waals surface area (Å²) in [6.07, 6.45) is -0.402. The molecule has 0 aliphatic carbocycles. The van der Waals surface area contributed by atoms with Crippen molar-refractivity contribution in [3.8, 4) is 0 Å². The van der Waals surface area contributed by atoms with Gasteiger partial charge in [-0.3, -0.25) is 9.59 Å². The molecule has 5 heteroatoms. The van der Waals surface area contributed by atoms with E-state index in [0.29, 0.717) is 6.42 Å². The first kappa shape index (κ1) is 14.5. The third-order valence-corrected chi connectivity index (χ3v) is 3.14. The summed E-state index contributed by atoms with van der Waals surface area (Å²) in [5.74, 6) is -0.738. The maximum atomic E-state index is 11.1. The lowest BCUT2D eigenvalue weighted by molar-refractivity contribution is -0.154. The lowest BCUT2D eigenvalue weighted by Crippen LogP contribution is -2.31. The SMILES string of the molecule is CC(=O)OC[C@H]1O[C@H](c2ccccc2)C[C@@H]1OC(C)=O. The standard InChI is InChI=1S/C15H18O5/c1-10(16)18-9-15-14(19-11(2)17)8-13(20-15)12-6-4-3-5-7-12/h3-7,13-15H,8-9H2,1-2H3/t13-,14-,15+/m0/s1. The molecule has 2 rings (SSSR count). The Balaban J connectivity index is 2.05. The van der Waals surface area contributed by atoms with Crippen LogP contribution in [0.4, 0.5) is 0 Å².